The van der Waals surface area contributed by atoms with E-state index in [-0.39, 0.29) is 17.3 Å². The van der Waals surface area contributed by atoms with Gasteiger partial charge in [0.05, 0.1) is 11.7 Å². The summed E-state index contributed by atoms with van der Waals surface area (Å²) in [5.74, 6) is -1.74. The van der Waals surface area contributed by atoms with Gasteiger partial charge in [0.15, 0.2) is 11.6 Å². The van der Waals surface area contributed by atoms with Crippen LogP contribution in [0.2, 0.25) is 0 Å². The molecule has 5 heteroatoms. The average Bonchev–Trinajstić information content (AvgIpc) is 2.44. The Balaban J connectivity index is 1.93. The Kier molecular flexibility index (Phi) is 3.26. The van der Waals surface area contributed by atoms with Crippen molar-refractivity contribution in [2.45, 2.75) is 25.3 Å². The summed E-state index contributed by atoms with van der Waals surface area (Å²) in [6.45, 7) is 0. The lowest BCUT2D eigenvalue weighted by Crippen LogP contribution is -2.22. The molecular weight excluding hydrogens is 262 g/mol. The van der Waals surface area contributed by atoms with E-state index in [0.29, 0.717) is 0 Å². The molecular formula is C15H14F2N2O. The molecule has 3 nitrogen and oxygen atoms in total. The predicted molar refractivity (Wildman–Crippen MR) is 72.7 cm³/mol. The highest BCUT2D eigenvalue weighted by atomic mass is 19.2. The van der Waals surface area contributed by atoms with Crippen molar-refractivity contribution in [1.29, 1.82) is 0 Å². The van der Waals surface area contributed by atoms with E-state index in [9.17, 15) is 13.6 Å². The molecule has 0 saturated heterocycles. The fraction of sp³-hybridized carbons (Fsp3) is 0.267. The zero-order valence-corrected chi connectivity index (χ0v) is 10.7. The molecule has 104 valence electrons. The number of nitrogens with one attached hydrogen (secondary N) is 2. The van der Waals surface area contributed by atoms with Crippen molar-refractivity contribution in [3.05, 3.63) is 63.6 Å². The predicted octanol–water partition coefficient (Wildman–Crippen LogP) is 3.14. The first kappa shape index (κ1) is 12.8. The Bertz CT molecular complexity index is 697. The number of pyridine rings is 1. The Hall–Kier alpha value is -2.17. The van der Waals surface area contributed by atoms with E-state index in [1.165, 1.54) is 18.2 Å². The fourth-order valence-corrected chi connectivity index (χ4v) is 2.65. The second-order valence-electron chi connectivity index (χ2n) is 4.95. The van der Waals surface area contributed by atoms with Gasteiger partial charge in [0.2, 0.25) is 5.56 Å². The number of aromatic nitrogens is 1. The van der Waals surface area contributed by atoms with E-state index in [4.69, 9.17) is 0 Å². The topological polar surface area (TPSA) is 44.9 Å². The maximum atomic E-state index is 13.7. The van der Waals surface area contributed by atoms with E-state index in [0.717, 1.165) is 36.6 Å². The average molecular weight is 276 g/mol. The van der Waals surface area contributed by atoms with E-state index in [2.05, 4.69) is 10.3 Å². The maximum absolute atomic E-state index is 13.7. The van der Waals surface area contributed by atoms with Crippen molar-refractivity contribution >= 4 is 5.69 Å². The monoisotopic (exact) mass is 276 g/mol. The minimum Gasteiger partial charge on any atom is -0.376 e. The van der Waals surface area contributed by atoms with Crippen LogP contribution in [0.3, 0.4) is 0 Å². The summed E-state index contributed by atoms with van der Waals surface area (Å²) in [6, 6.07) is 7.16. The highest BCUT2D eigenvalue weighted by Crippen LogP contribution is 2.31. The summed E-state index contributed by atoms with van der Waals surface area (Å²) in [7, 11) is 0. The third-order valence-corrected chi connectivity index (χ3v) is 3.61. The van der Waals surface area contributed by atoms with Crippen molar-refractivity contribution in [2.75, 3.05) is 5.32 Å². The summed E-state index contributed by atoms with van der Waals surface area (Å²) in [6.07, 6.45) is 2.51. The van der Waals surface area contributed by atoms with Crippen LogP contribution in [-0.4, -0.2) is 4.98 Å². The normalized spacial score (nSPS) is 17.6. The van der Waals surface area contributed by atoms with Gasteiger partial charge in [0.1, 0.15) is 0 Å². The first-order valence-corrected chi connectivity index (χ1v) is 6.58. The van der Waals surface area contributed by atoms with Crippen molar-refractivity contribution in [1.82, 2.24) is 4.98 Å². The molecule has 2 aromatic rings. The van der Waals surface area contributed by atoms with E-state index in [1.54, 1.807) is 6.07 Å². The number of hydrogen-bond acceptors (Lipinski definition) is 2. The molecule has 0 spiro atoms. The minimum atomic E-state index is -0.871. The van der Waals surface area contributed by atoms with Gasteiger partial charge in [0, 0.05) is 11.8 Å². The molecule has 2 N–H and O–H groups in total. The summed E-state index contributed by atoms with van der Waals surface area (Å²) in [5, 5.41) is 3.03. The van der Waals surface area contributed by atoms with Gasteiger partial charge in [-0.3, -0.25) is 4.79 Å². The third kappa shape index (κ3) is 2.31. The molecule has 0 bridgehead atoms. The second kappa shape index (κ2) is 5.07. The zero-order valence-electron chi connectivity index (χ0n) is 10.7. The van der Waals surface area contributed by atoms with Gasteiger partial charge in [-0.2, -0.15) is 0 Å². The Morgan fingerprint density at radius 1 is 1.20 bits per heavy atom. The molecule has 0 fully saturated rings. The molecule has 0 amide bonds. The van der Waals surface area contributed by atoms with Crippen LogP contribution in [0.5, 0.6) is 0 Å². The molecule has 0 radical (unpaired) electrons. The van der Waals surface area contributed by atoms with Gasteiger partial charge in [0.25, 0.3) is 0 Å². The van der Waals surface area contributed by atoms with Crippen LogP contribution in [0, 0.1) is 11.6 Å². The number of aryl methyl sites for hydroxylation is 1. The summed E-state index contributed by atoms with van der Waals surface area (Å²) in [4.78, 5) is 14.1. The summed E-state index contributed by atoms with van der Waals surface area (Å²) >= 11 is 0. The number of hydrogen-bond donors (Lipinski definition) is 2. The summed E-state index contributed by atoms with van der Waals surface area (Å²) in [5.41, 5.74) is 1.83. The van der Waals surface area contributed by atoms with Crippen LogP contribution < -0.4 is 10.9 Å². The van der Waals surface area contributed by atoms with Gasteiger partial charge >= 0.3 is 0 Å². The molecule has 1 aromatic carbocycles. The van der Waals surface area contributed by atoms with Crippen LogP contribution >= 0.6 is 0 Å². The number of anilines is 1. The molecule has 1 atom stereocenters. The number of fused-ring (bicyclic) bond motifs is 1. The number of H-pyrrole nitrogens is 1. The number of aromatic amines is 1. The number of rotatable bonds is 2. The lowest BCUT2D eigenvalue weighted by atomic mass is 9.91. The quantitative estimate of drug-likeness (QED) is 0.885. The first-order valence-electron chi connectivity index (χ1n) is 6.58. The van der Waals surface area contributed by atoms with Crippen molar-refractivity contribution in [2.24, 2.45) is 0 Å². The van der Waals surface area contributed by atoms with Crippen LogP contribution in [0.4, 0.5) is 14.5 Å². The Morgan fingerprint density at radius 2 is 2.05 bits per heavy atom. The highest BCUT2D eigenvalue weighted by molar-refractivity contribution is 5.48. The maximum Gasteiger partial charge on any atom is 0.248 e. The molecule has 3 rings (SSSR count). The van der Waals surface area contributed by atoms with Crippen LogP contribution in [0.15, 0.2) is 35.1 Å². The molecule has 1 unspecified atom stereocenters. The minimum absolute atomic E-state index is 0.119. The zero-order chi connectivity index (χ0) is 14.1. The Morgan fingerprint density at radius 3 is 2.90 bits per heavy atom. The smallest absolute Gasteiger partial charge is 0.248 e. The van der Waals surface area contributed by atoms with Crippen molar-refractivity contribution in [3.8, 4) is 0 Å². The SMILES string of the molecule is O=c1ccc2c([nH]1)CCCC2Nc1cccc(F)c1F. The first-order chi connectivity index (χ1) is 9.65. The molecule has 0 aliphatic heterocycles. The van der Waals surface area contributed by atoms with Gasteiger partial charge in [-0.15, -0.1) is 0 Å². The van der Waals surface area contributed by atoms with Crippen LogP contribution in [-0.2, 0) is 6.42 Å². The van der Waals surface area contributed by atoms with Crippen molar-refractivity contribution in [3.63, 3.8) is 0 Å². The largest absolute Gasteiger partial charge is 0.376 e. The van der Waals surface area contributed by atoms with E-state index >= 15 is 0 Å². The van der Waals surface area contributed by atoms with Gasteiger partial charge < -0.3 is 10.3 Å². The third-order valence-electron chi connectivity index (χ3n) is 3.61. The van der Waals surface area contributed by atoms with Crippen molar-refractivity contribution < 1.29 is 8.78 Å². The molecule has 1 aliphatic carbocycles. The van der Waals surface area contributed by atoms with Crippen LogP contribution in [0.1, 0.15) is 30.1 Å². The Labute approximate surface area is 114 Å². The molecule has 1 aromatic heterocycles. The van der Waals surface area contributed by atoms with Crippen LogP contribution in [0.25, 0.3) is 0 Å². The number of halogens is 2. The standard InChI is InChI=1S/C15H14F2N2O/c16-10-3-1-6-13(15(10)17)18-11-4-2-5-12-9(11)7-8-14(20)19-12/h1,3,6-8,11,18H,2,4-5H2,(H,19,20). The van der Waals surface area contributed by atoms with Gasteiger partial charge in [-0.25, -0.2) is 8.78 Å². The second-order valence-corrected chi connectivity index (χ2v) is 4.95. The highest BCUT2D eigenvalue weighted by Gasteiger charge is 2.22. The lowest BCUT2D eigenvalue weighted by Gasteiger charge is -2.27. The molecule has 0 saturated carbocycles. The lowest BCUT2D eigenvalue weighted by molar-refractivity contribution is 0.506. The van der Waals surface area contributed by atoms with Gasteiger partial charge in [-0.1, -0.05) is 6.07 Å². The molecule has 1 aliphatic rings. The van der Waals surface area contributed by atoms with Gasteiger partial charge in [-0.05, 0) is 43.0 Å². The van der Waals surface area contributed by atoms with E-state index < -0.39 is 11.6 Å². The summed E-state index contributed by atoms with van der Waals surface area (Å²) < 4.78 is 26.9. The number of benzene rings is 1. The fourth-order valence-electron chi connectivity index (χ4n) is 2.65. The molecule has 20 heavy (non-hydrogen) atoms. The van der Waals surface area contributed by atoms with E-state index in [1.807, 2.05) is 0 Å². The molecule has 1 heterocycles.